The molecule has 0 fully saturated rings. The van der Waals surface area contributed by atoms with E-state index >= 15 is 0 Å². The molecule has 2 rings (SSSR count). The Kier molecular flexibility index (Phi) is 22.0. The molecule has 0 saturated heterocycles. The van der Waals surface area contributed by atoms with Crippen LogP contribution < -0.4 is 15.5 Å². The second-order valence-electron chi connectivity index (χ2n) is 8.20. The fraction of sp³-hybridized carbons (Fsp3) is 0.517. The second kappa shape index (κ2) is 23.2. The summed E-state index contributed by atoms with van der Waals surface area (Å²) in [6.07, 6.45) is 6.54. The highest BCUT2D eigenvalue weighted by molar-refractivity contribution is 7.79. The van der Waals surface area contributed by atoms with Crippen molar-refractivity contribution in [3.05, 3.63) is 60.2 Å². The summed E-state index contributed by atoms with van der Waals surface area (Å²) in [5.41, 5.74) is 8.80. The van der Waals surface area contributed by atoms with Crippen LogP contribution in [0.15, 0.2) is 59.7 Å². The number of carbonyl (C=O) groups excluding carboxylic acids is 1. The van der Waals surface area contributed by atoms with Crippen LogP contribution >= 0.6 is 21.2 Å². The molecule has 0 saturated carbocycles. The van der Waals surface area contributed by atoms with Gasteiger partial charge in [-0.3, -0.25) is 9.80 Å². The lowest BCUT2D eigenvalue weighted by molar-refractivity contribution is -0.106. The van der Waals surface area contributed by atoms with Crippen molar-refractivity contribution in [3.8, 4) is 5.75 Å². The summed E-state index contributed by atoms with van der Waals surface area (Å²) >= 11 is 3.53. The molecule has 8 heteroatoms. The smallest absolute Gasteiger partial charge is 0.198 e. The van der Waals surface area contributed by atoms with Crippen molar-refractivity contribution in [1.82, 2.24) is 0 Å². The minimum absolute atomic E-state index is 0.0107. The number of ether oxygens (including phenoxy) is 2. The van der Waals surface area contributed by atoms with E-state index in [1.54, 1.807) is 20.3 Å². The molecule has 2 atom stereocenters. The van der Waals surface area contributed by atoms with Gasteiger partial charge in [-0.2, -0.15) is 17.7 Å². The molecule has 0 spiro atoms. The second-order valence-corrected chi connectivity index (χ2v) is 9.68. The number of thiol groups is 1. The number of hydrazone groups is 1. The van der Waals surface area contributed by atoms with Crippen LogP contribution in [0.3, 0.4) is 0 Å². The number of nitrogens with zero attached hydrogens (tertiary/aromatic N) is 2. The third kappa shape index (κ3) is 15.8. The number of carbonyl (C=O) groups is 1. The lowest BCUT2D eigenvalue weighted by Gasteiger charge is -2.22. The summed E-state index contributed by atoms with van der Waals surface area (Å²) in [6.45, 7) is 10.6. The first-order valence-electron chi connectivity index (χ1n) is 13.0. The number of anilines is 1. The van der Waals surface area contributed by atoms with Gasteiger partial charge < -0.3 is 15.2 Å². The Morgan fingerprint density at radius 3 is 2.16 bits per heavy atom. The highest BCUT2D eigenvalue weighted by atomic mass is 32.1. The molecule has 0 aromatic heterocycles. The molecule has 0 aliphatic rings. The summed E-state index contributed by atoms with van der Waals surface area (Å²) < 4.78 is 10.6. The van der Waals surface area contributed by atoms with Crippen molar-refractivity contribution in [2.75, 3.05) is 38.1 Å². The lowest BCUT2D eigenvalue weighted by atomic mass is 10.1. The van der Waals surface area contributed by atoms with Gasteiger partial charge in [0.1, 0.15) is 17.1 Å². The van der Waals surface area contributed by atoms with E-state index in [2.05, 4.69) is 50.6 Å². The van der Waals surface area contributed by atoms with Crippen molar-refractivity contribution in [3.63, 3.8) is 0 Å². The number of benzene rings is 2. The zero-order chi connectivity index (χ0) is 27.9. The first-order valence-corrected chi connectivity index (χ1v) is 15.0. The predicted molar refractivity (Wildman–Crippen MR) is 166 cm³/mol. The van der Waals surface area contributed by atoms with Gasteiger partial charge in [-0.05, 0) is 71.6 Å². The standard InChI is InChI=1S/C22H30N3O2P.C6H14O.CH4S/c1-4-16-25(19-12-8-9-13-20(19)27-3)24-17(2)22(26)28-21(23)15-14-18-10-6-5-7-11-18;1-3-5-7-6-4-2;1-2/h5-13,21,28H,4,14-16,23H2,1-3H3;3-6H2,1-2H3;2H,1H3/b24-17+;;. The van der Waals surface area contributed by atoms with Crippen LogP contribution in [0.1, 0.15) is 58.9 Å². The Morgan fingerprint density at radius 1 is 1.00 bits per heavy atom. The van der Waals surface area contributed by atoms with Gasteiger partial charge in [0.2, 0.25) is 0 Å². The van der Waals surface area contributed by atoms with Crippen LogP contribution in [0.25, 0.3) is 0 Å². The van der Waals surface area contributed by atoms with Crippen LogP contribution in [-0.2, 0) is 16.0 Å². The number of nitrogens with two attached hydrogens (primary N) is 1. The number of rotatable bonds is 15. The average molecular weight is 550 g/mol. The van der Waals surface area contributed by atoms with Crippen molar-refractivity contribution < 1.29 is 14.3 Å². The molecule has 0 aliphatic carbocycles. The van der Waals surface area contributed by atoms with E-state index in [1.165, 1.54) is 5.56 Å². The molecule has 0 heterocycles. The summed E-state index contributed by atoms with van der Waals surface area (Å²) in [7, 11) is 1.66. The average Bonchev–Trinajstić information content (AvgIpc) is 2.94. The number of aryl methyl sites for hydroxylation is 1. The molecule has 0 bridgehead atoms. The zero-order valence-corrected chi connectivity index (χ0v) is 25.5. The molecular formula is C29H48N3O3PS. The Morgan fingerprint density at radius 2 is 1.59 bits per heavy atom. The van der Waals surface area contributed by atoms with E-state index in [-0.39, 0.29) is 19.9 Å². The number of hydrogen-bond donors (Lipinski definition) is 2. The van der Waals surface area contributed by atoms with Crippen LogP contribution in [0.2, 0.25) is 0 Å². The molecule has 208 valence electrons. The molecule has 2 aromatic rings. The van der Waals surface area contributed by atoms with Crippen LogP contribution in [0.4, 0.5) is 5.69 Å². The summed E-state index contributed by atoms with van der Waals surface area (Å²) in [4.78, 5) is 12.6. The van der Waals surface area contributed by atoms with Gasteiger partial charge in [0.25, 0.3) is 0 Å². The Labute approximate surface area is 232 Å². The molecule has 0 aliphatic heterocycles. The maximum absolute atomic E-state index is 12.6. The number of hydrogen-bond acceptors (Lipinski definition) is 7. The third-order valence-electron chi connectivity index (χ3n) is 5.00. The molecule has 6 nitrogen and oxygen atoms in total. The van der Waals surface area contributed by atoms with Gasteiger partial charge in [-0.15, -0.1) is 0 Å². The molecule has 37 heavy (non-hydrogen) atoms. The quantitative estimate of drug-likeness (QED) is 0.0842. The maximum Gasteiger partial charge on any atom is 0.198 e. The van der Waals surface area contributed by atoms with E-state index in [1.807, 2.05) is 47.5 Å². The van der Waals surface area contributed by atoms with Gasteiger partial charge in [0, 0.05) is 25.5 Å². The Balaban J connectivity index is 0.00000124. The van der Waals surface area contributed by atoms with Crippen molar-refractivity contribution in [2.24, 2.45) is 10.8 Å². The van der Waals surface area contributed by atoms with Crippen molar-refractivity contribution in [1.29, 1.82) is 0 Å². The lowest BCUT2D eigenvalue weighted by Crippen LogP contribution is -2.24. The highest BCUT2D eigenvalue weighted by Gasteiger charge is 2.16. The van der Waals surface area contributed by atoms with E-state index in [4.69, 9.17) is 15.2 Å². The van der Waals surface area contributed by atoms with E-state index in [0.29, 0.717) is 12.3 Å². The molecule has 2 N–H and O–H groups in total. The minimum atomic E-state index is -0.149. The highest BCUT2D eigenvalue weighted by Crippen LogP contribution is 2.29. The summed E-state index contributed by atoms with van der Waals surface area (Å²) in [5, 5.41) is 6.43. The van der Waals surface area contributed by atoms with E-state index < -0.39 is 0 Å². The molecule has 2 aromatic carbocycles. The molecular weight excluding hydrogens is 501 g/mol. The molecule has 2 unspecified atom stereocenters. The topological polar surface area (TPSA) is 77.2 Å². The normalized spacial score (nSPS) is 11.7. The van der Waals surface area contributed by atoms with Gasteiger partial charge in [-0.1, -0.05) is 63.2 Å². The number of methoxy groups -OCH3 is 1. The van der Waals surface area contributed by atoms with Crippen molar-refractivity contribution in [2.45, 2.75) is 65.6 Å². The predicted octanol–water partition coefficient (Wildman–Crippen LogP) is 6.78. The minimum Gasteiger partial charge on any atom is -0.495 e. The molecule has 0 amide bonds. The SMILES string of the molecule is CCCN(/N=C(\C)C(=O)PC(N)CCc1ccccc1)c1ccccc1OC.CCCOCCC.CS. The van der Waals surface area contributed by atoms with Gasteiger partial charge in [0.05, 0.1) is 7.11 Å². The van der Waals surface area contributed by atoms with Gasteiger partial charge in [-0.25, -0.2) is 0 Å². The monoisotopic (exact) mass is 549 g/mol. The van der Waals surface area contributed by atoms with Crippen LogP contribution in [0, 0.1) is 0 Å². The van der Waals surface area contributed by atoms with Gasteiger partial charge >= 0.3 is 0 Å². The van der Waals surface area contributed by atoms with E-state index in [9.17, 15) is 4.79 Å². The fourth-order valence-electron chi connectivity index (χ4n) is 3.21. The first kappa shape index (κ1) is 35.1. The summed E-state index contributed by atoms with van der Waals surface area (Å²) in [5.74, 6) is 0.589. The Hall–Kier alpha value is -1.92. The summed E-state index contributed by atoms with van der Waals surface area (Å²) in [6, 6.07) is 17.9. The first-order chi connectivity index (χ1) is 18.0. The third-order valence-corrected chi connectivity index (χ3v) is 6.28. The van der Waals surface area contributed by atoms with Gasteiger partial charge in [0.15, 0.2) is 5.52 Å². The maximum atomic E-state index is 12.6. The fourth-order valence-corrected chi connectivity index (χ4v) is 4.09. The Bertz CT molecular complexity index is 864. The zero-order valence-electron chi connectivity index (χ0n) is 23.6. The van der Waals surface area contributed by atoms with E-state index in [0.717, 1.165) is 56.8 Å². The van der Waals surface area contributed by atoms with Crippen LogP contribution in [-0.4, -0.2) is 50.1 Å². The number of para-hydroxylation sites is 2. The largest absolute Gasteiger partial charge is 0.495 e. The van der Waals surface area contributed by atoms with Crippen molar-refractivity contribution >= 4 is 38.1 Å². The molecule has 0 radical (unpaired) electrons. The van der Waals surface area contributed by atoms with Crippen LogP contribution in [0.5, 0.6) is 5.75 Å².